The number of amides is 2. The lowest BCUT2D eigenvalue weighted by atomic mass is 10.1. The van der Waals surface area contributed by atoms with Crippen LogP contribution in [0.3, 0.4) is 0 Å². The summed E-state index contributed by atoms with van der Waals surface area (Å²) in [6, 6.07) is 8.39. The van der Waals surface area contributed by atoms with Gasteiger partial charge in [-0.2, -0.15) is 0 Å². The molecule has 0 unspecified atom stereocenters. The van der Waals surface area contributed by atoms with Crippen molar-refractivity contribution in [2.75, 3.05) is 4.90 Å². The maximum atomic E-state index is 12.8. The van der Waals surface area contributed by atoms with E-state index in [1.807, 2.05) is 0 Å². The Morgan fingerprint density at radius 3 is 2.46 bits per heavy atom. The molecule has 1 fully saturated rings. The Morgan fingerprint density at radius 2 is 1.88 bits per heavy atom. The number of aryl methyl sites for hydroxylation is 2. The number of nitrogens with one attached hydrogen (secondary N) is 1. The van der Waals surface area contributed by atoms with E-state index >= 15 is 0 Å². The smallest absolute Gasteiger partial charge is 0.270 e. The molecule has 24 heavy (non-hydrogen) atoms. The number of carbonyl (C=O) groups excluding carboxylic acids is 2. The van der Waals surface area contributed by atoms with Gasteiger partial charge in [0, 0.05) is 10.6 Å². The number of hydrogen-bond acceptors (Lipinski definition) is 4. The molecule has 1 aromatic carbocycles. The average Bonchev–Trinajstić information content (AvgIpc) is 2.83. The predicted octanol–water partition coefficient (Wildman–Crippen LogP) is 3.38. The minimum absolute atomic E-state index is 0.0116. The zero-order valence-corrected chi connectivity index (χ0v) is 14.5. The summed E-state index contributed by atoms with van der Waals surface area (Å²) < 4.78 is 5.43. The third kappa shape index (κ3) is 2.98. The lowest BCUT2D eigenvalue weighted by Crippen LogP contribution is -2.54. The molecule has 0 bridgehead atoms. The third-order valence-electron chi connectivity index (χ3n) is 3.57. The van der Waals surface area contributed by atoms with Gasteiger partial charge in [-0.25, -0.2) is 0 Å². The molecule has 1 saturated heterocycles. The van der Waals surface area contributed by atoms with Crippen molar-refractivity contribution >= 4 is 52.5 Å². The SMILES string of the molecule is Cc1cc(/C=C2\C(=O)NC(=S)N(c3ccc(Cl)cc3)C2=O)c(C)o1. The number of benzene rings is 1. The summed E-state index contributed by atoms with van der Waals surface area (Å²) in [6.45, 7) is 3.57. The van der Waals surface area contributed by atoms with E-state index in [1.54, 1.807) is 44.2 Å². The van der Waals surface area contributed by atoms with Gasteiger partial charge in [-0.1, -0.05) is 11.6 Å². The maximum absolute atomic E-state index is 12.8. The zero-order valence-electron chi connectivity index (χ0n) is 12.9. The maximum Gasteiger partial charge on any atom is 0.270 e. The van der Waals surface area contributed by atoms with Crippen LogP contribution in [0.1, 0.15) is 17.1 Å². The molecule has 1 aromatic heterocycles. The highest BCUT2D eigenvalue weighted by Crippen LogP contribution is 2.25. The molecule has 2 aromatic rings. The van der Waals surface area contributed by atoms with Gasteiger partial charge in [-0.3, -0.25) is 19.8 Å². The van der Waals surface area contributed by atoms with E-state index in [9.17, 15) is 9.59 Å². The largest absolute Gasteiger partial charge is 0.466 e. The van der Waals surface area contributed by atoms with Crippen LogP contribution in [0, 0.1) is 13.8 Å². The first kappa shape index (κ1) is 16.4. The van der Waals surface area contributed by atoms with Gasteiger partial charge in [-0.05, 0) is 62.5 Å². The number of thiocarbonyl (C=S) groups is 1. The van der Waals surface area contributed by atoms with Gasteiger partial charge in [-0.15, -0.1) is 0 Å². The third-order valence-corrected chi connectivity index (χ3v) is 4.10. The van der Waals surface area contributed by atoms with E-state index in [-0.39, 0.29) is 10.7 Å². The molecular weight excluding hydrogens is 348 g/mol. The van der Waals surface area contributed by atoms with Crippen LogP contribution in [0.5, 0.6) is 0 Å². The van der Waals surface area contributed by atoms with Crippen molar-refractivity contribution in [2.24, 2.45) is 0 Å². The summed E-state index contributed by atoms with van der Waals surface area (Å²) in [4.78, 5) is 26.3. The first-order valence-electron chi connectivity index (χ1n) is 7.11. The fourth-order valence-corrected chi connectivity index (χ4v) is 2.84. The molecule has 2 heterocycles. The van der Waals surface area contributed by atoms with E-state index in [0.29, 0.717) is 27.8 Å². The number of anilines is 1. The van der Waals surface area contributed by atoms with Crippen LogP contribution in [0.15, 0.2) is 40.3 Å². The molecule has 1 N–H and O–H groups in total. The topological polar surface area (TPSA) is 62.6 Å². The molecule has 0 radical (unpaired) electrons. The molecule has 0 atom stereocenters. The van der Waals surface area contributed by atoms with Gasteiger partial charge < -0.3 is 4.42 Å². The summed E-state index contributed by atoms with van der Waals surface area (Å²) in [6.07, 6.45) is 1.51. The standard InChI is InChI=1S/C17H13ClN2O3S/c1-9-7-11(10(2)23-9)8-14-15(21)19-17(24)20(16(14)22)13-5-3-12(18)4-6-13/h3-8H,1-2H3,(H,19,21,24)/b14-8+. The molecule has 0 saturated carbocycles. The van der Waals surface area contributed by atoms with Crippen LogP contribution in [-0.4, -0.2) is 16.9 Å². The van der Waals surface area contributed by atoms with Gasteiger partial charge in [0.1, 0.15) is 17.1 Å². The Hall–Kier alpha value is -2.44. The first-order valence-corrected chi connectivity index (χ1v) is 7.89. The van der Waals surface area contributed by atoms with Gasteiger partial charge >= 0.3 is 0 Å². The Balaban J connectivity index is 2.03. The highest BCUT2D eigenvalue weighted by Gasteiger charge is 2.34. The second-order valence-corrected chi connectivity index (χ2v) is 6.13. The Morgan fingerprint density at radius 1 is 1.21 bits per heavy atom. The van der Waals surface area contributed by atoms with Crippen molar-refractivity contribution in [1.82, 2.24) is 5.32 Å². The number of carbonyl (C=O) groups is 2. The Labute approximate surface area is 148 Å². The number of nitrogens with zero attached hydrogens (tertiary/aromatic N) is 1. The molecule has 3 rings (SSSR count). The van der Waals surface area contributed by atoms with E-state index in [1.165, 1.54) is 11.0 Å². The monoisotopic (exact) mass is 360 g/mol. The van der Waals surface area contributed by atoms with Crippen LogP contribution in [0.25, 0.3) is 6.08 Å². The molecule has 2 amide bonds. The summed E-state index contributed by atoms with van der Waals surface area (Å²) in [5.74, 6) is 0.303. The quantitative estimate of drug-likeness (QED) is 0.506. The van der Waals surface area contributed by atoms with E-state index in [4.69, 9.17) is 28.2 Å². The summed E-state index contributed by atoms with van der Waals surface area (Å²) in [7, 11) is 0. The predicted molar refractivity (Wildman–Crippen MR) is 95.8 cm³/mol. The molecule has 7 heteroatoms. The molecule has 5 nitrogen and oxygen atoms in total. The van der Waals surface area contributed by atoms with Crippen molar-refractivity contribution in [3.63, 3.8) is 0 Å². The highest BCUT2D eigenvalue weighted by molar-refractivity contribution is 7.80. The highest BCUT2D eigenvalue weighted by atomic mass is 35.5. The van der Waals surface area contributed by atoms with Crippen LogP contribution in [0.2, 0.25) is 5.02 Å². The summed E-state index contributed by atoms with van der Waals surface area (Å²) in [5.41, 5.74) is 1.19. The molecule has 0 spiro atoms. The molecular formula is C17H13ClN2O3S. The van der Waals surface area contributed by atoms with Crippen molar-refractivity contribution in [1.29, 1.82) is 0 Å². The Kier molecular flexibility index (Phi) is 4.26. The van der Waals surface area contributed by atoms with Gasteiger partial charge in [0.05, 0.1) is 5.69 Å². The zero-order chi connectivity index (χ0) is 17.4. The van der Waals surface area contributed by atoms with Crippen molar-refractivity contribution in [3.05, 3.63) is 58.0 Å². The lowest BCUT2D eigenvalue weighted by molar-refractivity contribution is -0.122. The van der Waals surface area contributed by atoms with Crippen molar-refractivity contribution in [3.8, 4) is 0 Å². The second-order valence-electron chi connectivity index (χ2n) is 5.30. The lowest BCUT2D eigenvalue weighted by Gasteiger charge is -2.28. The van der Waals surface area contributed by atoms with E-state index < -0.39 is 11.8 Å². The number of rotatable bonds is 2. The van der Waals surface area contributed by atoms with Crippen LogP contribution < -0.4 is 10.2 Å². The molecule has 1 aliphatic heterocycles. The summed E-state index contributed by atoms with van der Waals surface area (Å²) >= 11 is 11.0. The first-order chi connectivity index (χ1) is 11.4. The minimum Gasteiger partial charge on any atom is -0.466 e. The van der Waals surface area contributed by atoms with Crippen LogP contribution >= 0.6 is 23.8 Å². The normalized spacial score (nSPS) is 16.7. The number of halogens is 1. The van der Waals surface area contributed by atoms with Gasteiger partial charge in [0.15, 0.2) is 5.11 Å². The number of hydrogen-bond donors (Lipinski definition) is 1. The van der Waals surface area contributed by atoms with Gasteiger partial charge in [0.25, 0.3) is 11.8 Å². The fourth-order valence-electron chi connectivity index (χ4n) is 2.43. The van der Waals surface area contributed by atoms with Crippen molar-refractivity contribution in [2.45, 2.75) is 13.8 Å². The van der Waals surface area contributed by atoms with Crippen LogP contribution in [0.4, 0.5) is 5.69 Å². The fraction of sp³-hybridized carbons (Fsp3) is 0.118. The average molecular weight is 361 g/mol. The molecule has 122 valence electrons. The van der Waals surface area contributed by atoms with E-state index in [2.05, 4.69) is 5.32 Å². The van der Waals surface area contributed by atoms with E-state index in [0.717, 1.165) is 0 Å². The second kappa shape index (κ2) is 6.22. The molecule has 0 aliphatic carbocycles. The van der Waals surface area contributed by atoms with Gasteiger partial charge in [0.2, 0.25) is 0 Å². The molecule has 1 aliphatic rings. The van der Waals surface area contributed by atoms with Crippen molar-refractivity contribution < 1.29 is 14.0 Å². The Bertz CT molecular complexity index is 884. The van der Waals surface area contributed by atoms with Crippen LogP contribution in [-0.2, 0) is 9.59 Å². The summed E-state index contributed by atoms with van der Waals surface area (Å²) in [5, 5.41) is 3.11. The minimum atomic E-state index is -0.534. The number of furan rings is 1.